The van der Waals surface area contributed by atoms with Gasteiger partial charge in [-0.2, -0.15) is 0 Å². The molecule has 2 unspecified atom stereocenters. The van der Waals surface area contributed by atoms with E-state index in [0.29, 0.717) is 12.8 Å². The van der Waals surface area contributed by atoms with Gasteiger partial charge in [0.15, 0.2) is 5.54 Å². The first-order valence-electron chi connectivity index (χ1n) is 4.97. The number of rotatable bonds is 1. The lowest BCUT2D eigenvalue weighted by atomic mass is 9.94. The zero-order valence-electron chi connectivity index (χ0n) is 8.74. The predicted molar refractivity (Wildman–Crippen MR) is 50.5 cm³/mol. The number of carbonyl (C=O) groups excluding carboxylic acids is 3. The minimum Gasteiger partial charge on any atom is -0.453 e. The Balaban J connectivity index is 2.16. The molecule has 7 heteroatoms. The number of cyclic esters (lactones) is 2. The Hall–Kier alpha value is -1.79. The van der Waals surface area contributed by atoms with Crippen LogP contribution < -0.4 is 10.6 Å². The van der Waals surface area contributed by atoms with E-state index in [0.717, 1.165) is 6.42 Å². The smallest absolute Gasteiger partial charge is 0.415 e. The van der Waals surface area contributed by atoms with Crippen LogP contribution in [0.1, 0.15) is 19.3 Å². The van der Waals surface area contributed by atoms with Crippen molar-refractivity contribution >= 4 is 18.2 Å². The van der Waals surface area contributed by atoms with Crippen LogP contribution in [-0.2, 0) is 14.3 Å². The third-order valence-electron chi connectivity index (χ3n) is 3.01. The second-order valence-corrected chi connectivity index (χ2v) is 3.85. The molecule has 7 nitrogen and oxygen atoms in total. The van der Waals surface area contributed by atoms with E-state index < -0.39 is 29.7 Å². The van der Waals surface area contributed by atoms with Crippen LogP contribution >= 0.6 is 0 Å². The zero-order chi connectivity index (χ0) is 11.8. The minimum atomic E-state index is -1.11. The average molecular weight is 228 g/mol. The number of hydrogen-bond donors (Lipinski definition) is 2. The highest BCUT2D eigenvalue weighted by atomic mass is 16.6. The van der Waals surface area contributed by atoms with E-state index in [1.165, 1.54) is 7.11 Å². The van der Waals surface area contributed by atoms with Crippen LogP contribution in [0.15, 0.2) is 0 Å². The second kappa shape index (κ2) is 3.66. The summed E-state index contributed by atoms with van der Waals surface area (Å²) in [5.74, 6) is -0.628. The topological polar surface area (TPSA) is 93.7 Å². The summed E-state index contributed by atoms with van der Waals surface area (Å²) in [6.07, 6.45) is 0.407. The van der Waals surface area contributed by atoms with E-state index in [2.05, 4.69) is 20.1 Å². The van der Waals surface area contributed by atoms with E-state index in [4.69, 9.17) is 0 Å². The summed E-state index contributed by atoms with van der Waals surface area (Å²) in [6.45, 7) is 0. The van der Waals surface area contributed by atoms with Gasteiger partial charge in [-0.3, -0.25) is 0 Å². The summed E-state index contributed by atoms with van der Waals surface area (Å²) in [6, 6.07) is -0.473. The number of ether oxygens (including phenoxy) is 2. The molecule has 0 aromatic heterocycles. The van der Waals surface area contributed by atoms with Gasteiger partial charge < -0.3 is 20.1 Å². The van der Waals surface area contributed by atoms with E-state index in [9.17, 15) is 14.4 Å². The molecule has 1 aliphatic heterocycles. The zero-order valence-corrected chi connectivity index (χ0v) is 8.74. The number of amides is 2. The van der Waals surface area contributed by atoms with Crippen molar-refractivity contribution in [3.63, 3.8) is 0 Å². The molecule has 0 bridgehead atoms. The number of alkyl carbamates (subject to hydrolysis) is 2. The maximum Gasteiger partial charge on any atom is 0.415 e. The lowest BCUT2D eigenvalue weighted by Crippen LogP contribution is -2.58. The van der Waals surface area contributed by atoms with Crippen molar-refractivity contribution in [2.24, 2.45) is 0 Å². The molecule has 2 atom stereocenters. The number of esters is 1. The van der Waals surface area contributed by atoms with Crippen molar-refractivity contribution in [1.82, 2.24) is 10.6 Å². The first-order chi connectivity index (χ1) is 7.58. The first-order valence-corrected chi connectivity index (χ1v) is 4.97. The van der Waals surface area contributed by atoms with Crippen LogP contribution in [0.4, 0.5) is 9.59 Å². The van der Waals surface area contributed by atoms with Gasteiger partial charge in [-0.25, -0.2) is 14.4 Å². The molecule has 0 aromatic carbocycles. The average Bonchev–Trinajstić information content (AvgIpc) is 2.74. The van der Waals surface area contributed by atoms with Crippen molar-refractivity contribution in [2.45, 2.75) is 30.8 Å². The number of nitrogens with one attached hydrogen (secondary N) is 2. The highest BCUT2D eigenvalue weighted by molar-refractivity contribution is 6.00. The molecule has 1 saturated carbocycles. The second-order valence-electron chi connectivity index (χ2n) is 3.85. The van der Waals surface area contributed by atoms with E-state index in [1.807, 2.05) is 0 Å². The Morgan fingerprint density at radius 2 is 2.38 bits per heavy atom. The molecule has 0 aromatic rings. The summed E-state index contributed by atoms with van der Waals surface area (Å²) in [5.41, 5.74) is -1.11. The normalized spacial score (nSPS) is 32.4. The quantitative estimate of drug-likeness (QED) is 0.483. The SMILES string of the molecule is COC(=O)NC1CCCC12NC(=O)OC2=O. The fourth-order valence-electron chi connectivity index (χ4n) is 2.23. The molecule has 16 heavy (non-hydrogen) atoms. The fraction of sp³-hybridized carbons (Fsp3) is 0.667. The summed E-state index contributed by atoms with van der Waals surface area (Å²) in [5, 5.41) is 5.01. The Morgan fingerprint density at radius 1 is 1.62 bits per heavy atom. The molecule has 88 valence electrons. The van der Waals surface area contributed by atoms with E-state index >= 15 is 0 Å². The third-order valence-corrected chi connectivity index (χ3v) is 3.01. The monoisotopic (exact) mass is 228 g/mol. The molecular formula is C9H12N2O5. The van der Waals surface area contributed by atoms with Crippen LogP contribution in [-0.4, -0.2) is 36.8 Å². The first kappa shape index (κ1) is 10.7. The molecular weight excluding hydrogens is 216 g/mol. The van der Waals surface area contributed by atoms with Gasteiger partial charge in [-0.15, -0.1) is 0 Å². The standard InChI is InChI=1S/C9H12N2O5/c1-15-7(13)10-5-3-2-4-9(5)6(12)16-8(14)11-9/h5H,2-4H2,1H3,(H,10,13)(H,11,14). The van der Waals surface area contributed by atoms with Crippen LogP contribution in [0.3, 0.4) is 0 Å². The van der Waals surface area contributed by atoms with Crippen LogP contribution in [0.2, 0.25) is 0 Å². The largest absolute Gasteiger partial charge is 0.453 e. The predicted octanol–water partition coefficient (Wildman–Crippen LogP) is -0.0999. The van der Waals surface area contributed by atoms with Crippen molar-refractivity contribution in [2.75, 3.05) is 7.11 Å². The van der Waals surface area contributed by atoms with Gasteiger partial charge in [0.1, 0.15) is 0 Å². The molecule has 1 saturated heterocycles. The molecule has 2 aliphatic rings. The summed E-state index contributed by atoms with van der Waals surface area (Å²) < 4.78 is 8.93. The van der Waals surface area contributed by atoms with Gasteiger partial charge in [0, 0.05) is 0 Å². The maximum absolute atomic E-state index is 11.6. The molecule has 1 spiro atoms. The van der Waals surface area contributed by atoms with Crippen molar-refractivity contribution < 1.29 is 23.9 Å². The van der Waals surface area contributed by atoms with Crippen LogP contribution in [0, 0.1) is 0 Å². The maximum atomic E-state index is 11.6. The lowest BCUT2D eigenvalue weighted by molar-refractivity contribution is -0.139. The van der Waals surface area contributed by atoms with E-state index in [1.54, 1.807) is 0 Å². The molecule has 0 radical (unpaired) electrons. The van der Waals surface area contributed by atoms with Gasteiger partial charge in [0.25, 0.3) is 0 Å². The molecule has 1 heterocycles. The minimum absolute atomic E-state index is 0.465. The van der Waals surface area contributed by atoms with Crippen molar-refractivity contribution in [3.05, 3.63) is 0 Å². The highest BCUT2D eigenvalue weighted by Gasteiger charge is 2.57. The molecule has 2 fully saturated rings. The van der Waals surface area contributed by atoms with E-state index in [-0.39, 0.29) is 0 Å². The lowest BCUT2D eigenvalue weighted by Gasteiger charge is -2.26. The Bertz CT molecular complexity index is 356. The summed E-state index contributed by atoms with van der Waals surface area (Å²) >= 11 is 0. The summed E-state index contributed by atoms with van der Waals surface area (Å²) in [4.78, 5) is 33.7. The third kappa shape index (κ3) is 1.48. The fourth-order valence-corrected chi connectivity index (χ4v) is 2.23. The number of carbonyl (C=O) groups is 3. The van der Waals surface area contributed by atoms with Gasteiger partial charge >= 0.3 is 18.2 Å². The van der Waals surface area contributed by atoms with Crippen LogP contribution in [0.5, 0.6) is 0 Å². The molecule has 2 N–H and O–H groups in total. The van der Waals surface area contributed by atoms with Gasteiger partial charge in [-0.1, -0.05) is 0 Å². The van der Waals surface area contributed by atoms with Crippen LogP contribution in [0.25, 0.3) is 0 Å². The van der Waals surface area contributed by atoms with Crippen molar-refractivity contribution in [1.29, 1.82) is 0 Å². The highest BCUT2D eigenvalue weighted by Crippen LogP contribution is 2.34. The van der Waals surface area contributed by atoms with Gasteiger partial charge in [0.2, 0.25) is 0 Å². The number of methoxy groups -OCH3 is 1. The van der Waals surface area contributed by atoms with Gasteiger partial charge in [0.05, 0.1) is 13.2 Å². The number of hydrogen-bond acceptors (Lipinski definition) is 5. The van der Waals surface area contributed by atoms with Crippen molar-refractivity contribution in [3.8, 4) is 0 Å². The molecule has 1 aliphatic carbocycles. The van der Waals surface area contributed by atoms with Gasteiger partial charge in [-0.05, 0) is 19.3 Å². The Kier molecular flexibility index (Phi) is 2.45. The Morgan fingerprint density at radius 3 is 2.94 bits per heavy atom. The molecule has 2 rings (SSSR count). The molecule has 2 amide bonds. The summed E-state index contributed by atoms with van der Waals surface area (Å²) in [7, 11) is 1.24. The Labute approximate surface area is 91.5 Å².